The van der Waals surface area contributed by atoms with E-state index in [0.717, 1.165) is 31.8 Å². The Bertz CT molecular complexity index is 293. The molecule has 0 bridgehead atoms. The van der Waals surface area contributed by atoms with Crippen LogP contribution in [0.2, 0.25) is 0 Å². The number of aliphatic hydroxyl groups excluding tert-OH is 1. The van der Waals surface area contributed by atoms with Crippen molar-refractivity contribution >= 4 is 11.3 Å². The molecular weight excluding hydrogens is 230 g/mol. The first kappa shape index (κ1) is 13.1. The van der Waals surface area contributed by atoms with E-state index in [1.807, 2.05) is 0 Å². The van der Waals surface area contributed by atoms with Crippen LogP contribution in [0.1, 0.15) is 37.7 Å². The Hall–Kier alpha value is -0.380. The van der Waals surface area contributed by atoms with Gasteiger partial charge in [0, 0.05) is 6.54 Å². The van der Waals surface area contributed by atoms with Crippen molar-refractivity contribution in [2.45, 2.75) is 44.6 Å². The van der Waals surface area contributed by atoms with Crippen molar-refractivity contribution in [3.63, 3.8) is 0 Å². The summed E-state index contributed by atoms with van der Waals surface area (Å²) in [5.74, 6) is 0.781. The van der Waals surface area contributed by atoms with Crippen LogP contribution in [0.15, 0.2) is 16.8 Å². The predicted octanol–water partition coefficient (Wildman–Crippen LogP) is 2.82. The Morgan fingerprint density at radius 1 is 1.41 bits per heavy atom. The summed E-state index contributed by atoms with van der Waals surface area (Å²) in [6.07, 6.45) is 7.29. The van der Waals surface area contributed by atoms with Crippen molar-refractivity contribution in [3.05, 3.63) is 22.4 Å². The molecule has 2 rings (SSSR count). The minimum atomic E-state index is -0.152. The molecule has 1 fully saturated rings. The molecule has 0 radical (unpaired) electrons. The average molecular weight is 253 g/mol. The van der Waals surface area contributed by atoms with Crippen molar-refractivity contribution in [2.75, 3.05) is 13.1 Å². The molecule has 0 aromatic carbocycles. The first-order chi connectivity index (χ1) is 8.34. The van der Waals surface area contributed by atoms with Gasteiger partial charge in [-0.15, -0.1) is 0 Å². The second-order valence-corrected chi connectivity index (χ2v) is 5.91. The van der Waals surface area contributed by atoms with E-state index in [9.17, 15) is 5.11 Å². The Morgan fingerprint density at radius 2 is 2.24 bits per heavy atom. The summed E-state index contributed by atoms with van der Waals surface area (Å²) in [7, 11) is 0. The van der Waals surface area contributed by atoms with Crippen LogP contribution in [-0.4, -0.2) is 24.3 Å². The second-order valence-electron chi connectivity index (χ2n) is 5.13. The summed E-state index contributed by atoms with van der Waals surface area (Å²) in [5.41, 5.74) is 1.40. The fourth-order valence-electron chi connectivity index (χ4n) is 2.65. The highest BCUT2D eigenvalue weighted by Crippen LogP contribution is 2.28. The number of thiophene rings is 1. The summed E-state index contributed by atoms with van der Waals surface area (Å²) >= 11 is 1.75. The molecule has 1 heterocycles. The molecule has 1 atom stereocenters. The third-order valence-electron chi connectivity index (χ3n) is 3.63. The minimum Gasteiger partial charge on any atom is -0.392 e. The molecule has 0 aliphatic heterocycles. The van der Waals surface area contributed by atoms with Gasteiger partial charge in [-0.05, 0) is 47.7 Å². The molecule has 1 aromatic heterocycles. The van der Waals surface area contributed by atoms with Crippen LogP contribution in [0.5, 0.6) is 0 Å². The number of hydrogen-bond donors (Lipinski definition) is 2. The van der Waals surface area contributed by atoms with Crippen molar-refractivity contribution < 1.29 is 5.11 Å². The monoisotopic (exact) mass is 253 g/mol. The van der Waals surface area contributed by atoms with Crippen molar-refractivity contribution in [3.8, 4) is 0 Å². The van der Waals surface area contributed by atoms with Gasteiger partial charge in [0.05, 0.1) is 6.10 Å². The van der Waals surface area contributed by atoms with Gasteiger partial charge >= 0.3 is 0 Å². The molecule has 1 aromatic rings. The highest BCUT2D eigenvalue weighted by atomic mass is 32.1. The van der Waals surface area contributed by atoms with Crippen molar-refractivity contribution in [1.29, 1.82) is 0 Å². The Labute approximate surface area is 108 Å². The van der Waals surface area contributed by atoms with Gasteiger partial charge in [0.1, 0.15) is 0 Å². The molecule has 2 N–H and O–H groups in total. The van der Waals surface area contributed by atoms with Crippen LogP contribution >= 0.6 is 11.3 Å². The maximum Gasteiger partial charge on any atom is 0.0667 e. The summed E-state index contributed by atoms with van der Waals surface area (Å²) < 4.78 is 0. The third-order valence-corrected chi connectivity index (χ3v) is 4.36. The Kier molecular flexibility index (Phi) is 5.49. The summed E-state index contributed by atoms with van der Waals surface area (Å²) in [6.45, 7) is 1.72. The van der Waals surface area contributed by atoms with Gasteiger partial charge in [-0.3, -0.25) is 0 Å². The maximum absolute atomic E-state index is 9.91. The fourth-order valence-corrected chi connectivity index (χ4v) is 3.35. The average Bonchev–Trinajstić information content (AvgIpc) is 2.96. The molecule has 96 valence electrons. The van der Waals surface area contributed by atoms with E-state index in [4.69, 9.17) is 0 Å². The van der Waals surface area contributed by atoms with Gasteiger partial charge in [0.2, 0.25) is 0 Å². The molecular formula is C14H23NOS. The molecule has 0 amide bonds. The summed E-state index contributed by atoms with van der Waals surface area (Å²) in [4.78, 5) is 0. The van der Waals surface area contributed by atoms with Gasteiger partial charge in [0.25, 0.3) is 0 Å². The molecule has 1 aliphatic carbocycles. The van der Waals surface area contributed by atoms with Crippen LogP contribution in [0.4, 0.5) is 0 Å². The molecule has 1 aliphatic rings. The van der Waals surface area contributed by atoms with Gasteiger partial charge in [0.15, 0.2) is 0 Å². The van der Waals surface area contributed by atoms with Crippen LogP contribution in [-0.2, 0) is 6.42 Å². The highest BCUT2D eigenvalue weighted by Gasteiger charge is 2.18. The standard InChI is InChI=1S/C14H23NOS/c16-14(9-12-3-1-2-4-12)10-15-7-5-13-6-8-17-11-13/h6,8,11-12,14-16H,1-5,7,9-10H2. The molecule has 2 nitrogen and oxygen atoms in total. The SMILES string of the molecule is OC(CNCCc1ccsc1)CC1CCCC1. The van der Waals surface area contributed by atoms with E-state index in [1.165, 1.54) is 31.2 Å². The van der Waals surface area contributed by atoms with Gasteiger partial charge in [-0.2, -0.15) is 11.3 Å². The number of rotatable bonds is 7. The van der Waals surface area contributed by atoms with E-state index in [0.29, 0.717) is 0 Å². The minimum absolute atomic E-state index is 0.152. The lowest BCUT2D eigenvalue weighted by atomic mass is 10.00. The molecule has 3 heteroatoms. The van der Waals surface area contributed by atoms with E-state index in [1.54, 1.807) is 11.3 Å². The number of nitrogens with one attached hydrogen (secondary N) is 1. The zero-order chi connectivity index (χ0) is 11.9. The summed E-state index contributed by atoms with van der Waals surface area (Å²) in [5, 5.41) is 17.6. The van der Waals surface area contributed by atoms with Gasteiger partial charge in [-0.1, -0.05) is 25.7 Å². The molecule has 1 saturated carbocycles. The maximum atomic E-state index is 9.91. The predicted molar refractivity (Wildman–Crippen MR) is 73.5 cm³/mol. The van der Waals surface area contributed by atoms with E-state index < -0.39 is 0 Å². The smallest absolute Gasteiger partial charge is 0.0667 e. The second kappa shape index (κ2) is 7.14. The Morgan fingerprint density at radius 3 is 2.94 bits per heavy atom. The van der Waals surface area contributed by atoms with Crippen LogP contribution in [0, 0.1) is 5.92 Å². The first-order valence-electron chi connectivity index (χ1n) is 6.74. The van der Waals surface area contributed by atoms with E-state index >= 15 is 0 Å². The lowest BCUT2D eigenvalue weighted by molar-refractivity contribution is 0.141. The van der Waals surface area contributed by atoms with E-state index in [-0.39, 0.29) is 6.10 Å². The zero-order valence-electron chi connectivity index (χ0n) is 10.4. The molecule has 0 saturated heterocycles. The van der Waals surface area contributed by atoms with Crippen molar-refractivity contribution in [2.24, 2.45) is 5.92 Å². The molecule has 1 unspecified atom stereocenters. The Balaban J connectivity index is 1.52. The largest absolute Gasteiger partial charge is 0.392 e. The van der Waals surface area contributed by atoms with Crippen LogP contribution in [0.3, 0.4) is 0 Å². The zero-order valence-corrected chi connectivity index (χ0v) is 11.2. The molecule has 17 heavy (non-hydrogen) atoms. The van der Waals surface area contributed by atoms with Gasteiger partial charge in [-0.25, -0.2) is 0 Å². The lowest BCUT2D eigenvalue weighted by Gasteiger charge is -2.15. The lowest BCUT2D eigenvalue weighted by Crippen LogP contribution is -2.29. The topological polar surface area (TPSA) is 32.3 Å². The fraction of sp³-hybridized carbons (Fsp3) is 0.714. The van der Waals surface area contributed by atoms with Gasteiger partial charge < -0.3 is 10.4 Å². The van der Waals surface area contributed by atoms with Crippen LogP contribution in [0.25, 0.3) is 0 Å². The number of hydrogen-bond acceptors (Lipinski definition) is 3. The quantitative estimate of drug-likeness (QED) is 0.732. The van der Waals surface area contributed by atoms with E-state index in [2.05, 4.69) is 22.1 Å². The first-order valence-corrected chi connectivity index (χ1v) is 7.68. The number of aliphatic hydroxyl groups is 1. The van der Waals surface area contributed by atoms with Crippen molar-refractivity contribution in [1.82, 2.24) is 5.32 Å². The summed E-state index contributed by atoms with van der Waals surface area (Å²) in [6, 6.07) is 2.17. The molecule has 0 spiro atoms. The third kappa shape index (κ3) is 4.78. The van der Waals surface area contributed by atoms with Crippen LogP contribution < -0.4 is 5.32 Å². The highest BCUT2D eigenvalue weighted by molar-refractivity contribution is 7.07. The normalized spacial score (nSPS) is 18.6.